The van der Waals surface area contributed by atoms with Gasteiger partial charge in [0.15, 0.2) is 0 Å². The highest BCUT2D eigenvalue weighted by Crippen LogP contribution is 2.35. The first kappa shape index (κ1) is 15.7. The van der Waals surface area contributed by atoms with Crippen LogP contribution in [0.2, 0.25) is 5.02 Å². The van der Waals surface area contributed by atoms with E-state index in [4.69, 9.17) is 16.3 Å². The number of piperidine rings is 1. The molecule has 2 fully saturated rings. The minimum absolute atomic E-state index is 0.124. The van der Waals surface area contributed by atoms with Gasteiger partial charge in [-0.25, -0.2) is 4.39 Å². The first-order valence-electron chi connectivity index (χ1n) is 7.58. The van der Waals surface area contributed by atoms with Crippen LogP contribution in [0.15, 0.2) is 18.2 Å². The highest BCUT2D eigenvalue weighted by Gasteiger charge is 2.44. The van der Waals surface area contributed by atoms with Crippen molar-refractivity contribution in [1.82, 2.24) is 4.90 Å². The molecule has 1 amide bonds. The Kier molecular flexibility index (Phi) is 4.39. The van der Waals surface area contributed by atoms with Crippen molar-refractivity contribution in [3.8, 4) is 0 Å². The van der Waals surface area contributed by atoms with Gasteiger partial charge in [0.25, 0.3) is 5.91 Å². The van der Waals surface area contributed by atoms with Crippen LogP contribution in [-0.2, 0) is 4.74 Å². The average Bonchev–Trinajstić information content (AvgIpc) is 2.51. The summed E-state index contributed by atoms with van der Waals surface area (Å²) in [7, 11) is 0. The van der Waals surface area contributed by atoms with Gasteiger partial charge >= 0.3 is 0 Å². The molecule has 1 aromatic rings. The molecular weight excluding hydrogens is 309 g/mol. The van der Waals surface area contributed by atoms with Crippen LogP contribution in [-0.4, -0.2) is 47.3 Å². The van der Waals surface area contributed by atoms with Crippen LogP contribution in [0.4, 0.5) is 4.39 Å². The zero-order valence-corrected chi connectivity index (χ0v) is 13.0. The summed E-state index contributed by atoms with van der Waals surface area (Å²) in [6.07, 6.45) is 2.37. The lowest BCUT2D eigenvalue weighted by molar-refractivity contribution is -0.174. The van der Waals surface area contributed by atoms with Gasteiger partial charge in [0.2, 0.25) is 0 Å². The molecule has 0 saturated carbocycles. The van der Waals surface area contributed by atoms with Crippen LogP contribution in [0.3, 0.4) is 0 Å². The number of hydrogen-bond donors (Lipinski definition) is 1. The number of rotatable bonds is 1. The predicted octanol–water partition coefficient (Wildman–Crippen LogP) is 2.63. The van der Waals surface area contributed by atoms with Gasteiger partial charge in [0.1, 0.15) is 5.82 Å². The molecule has 1 N–H and O–H groups in total. The Balaban J connectivity index is 1.69. The van der Waals surface area contributed by atoms with Crippen molar-refractivity contribution in [2.24, 2.45) is 0 Å². The number of carbonyl (C=O) groups is 1. The van der Waals surface area contributed by atoms with Crippen molar-refractivity contribution in [2.45, 2.75) is 37.4 Å². The van der Waals surface area contributed by atoms with E-state index in [0.717, 1.165) is 18.9 Å². The third-order valence-corrected chi connectivity index (χ3v) is 4.99. The number of hydrogen-bond acceptors (Lipinski definition) is 3. The summed E-state index contributed by atoms with van der Waals surface area (Å²) in [5, 5.41) is 10.3. The number of amides is 1. The molecule has 22 heavy (non-hydrogen) atoms. The van der Waals surface area contributed by atoms with Gasteiger partial charge in [0, 0.05) is 19.7 Å². The van der Waals surface area contributed by atoms with Crippen LogP contribution in [0.5, 0.6) is 0 Å². The molecule has 4 nitrogen and oxygen atoms in total. The Bertz CT molecular complexity index is 573. The monoisotopic (exact) mass is 327 g/mol. The number of halogens is 2. The molecular formula is C16H19ClFNO3. The van der Waals surface area contributed by atoms with Crippen LogP contribution >= 0.6 is 11.6 Å². The molecule has 1 unspecified atom stereocenters. The molecule has 2 aliphatic rings. The normalized spacial score (nSPS) is 24.5. The summed E-state index contributed by atoms with van der Waals surface area (Å²) < 4.78 is 18.9. The van der Waals surface area contributed by atoms with E-state index in [1.807, 2.05) is 0 Å². The zero-order valence-electron chi connectivity index (χ0n) is 12.2. The quantitative estimate of drug-likeness (QED) is 0.862. The lowest BCUT2D eigenvalue weighted by Gasteiger charge is -2.46. The second kappa shape index (κ2) is 6.14. The molecule has 0 aliphatic carbocycles. The van der Waals surface area contributed by atoms with Crippen LogP contribution in [0.1, 0.15) is 36.0 Å². The highest BCUT2D eigenvalue weighted by atomic mass is 35.5. The lowest BCUT2D eigenvalue weighted by Crippen LogP contribution is -2.56. The zero-order chi connectivity index (χ0) is 15.7. The Labute approximate surface area is 133 Å². The maximum Gasteiger partial charge on any atom is 0.255 e. The number of carbonyl (C=O) groups excluding carboxylic acids is 1. The third kappa shape index (κ3) is 2.85. The smallest absolute Gasteiger partial charge is 0.255 e. The first-order chi connectivity index (χ1) is 10.5. The maximum atomic E-state index is 13.1. The largest absolute Gasteiger partial charge is 0.390 e. The van der Waals surface area contributed by atoms with Crippen molar-refractivity contribution in [3.63, 3.8) is 0 Å². The Morgan fingerprint density at radius 2 is 2.14 bits per heavy atom. The summed E-state index contributed by atoms with van der Waals surface area (Å²) in [6.45, 7) is 1.67. The number of aliphatic hydroxyl groups excluding tert-OH is 1. The highest BCUT2D eigenvalue weighted by molar-refractivity contribution is 6.33. The molecule has 120 valence electrons. The lowest BCUT2D eigenvalue weighted by atomic mass is 9.82. The SMILES string of the molecule is O=C(c1ccc(F)cc1Cl)N1CCC2(CC1)OCCCC2O. The van der Waals surface area contributed by atoms with Crippen molar-refractivity contribution < 1.29 is 19.0 Å². The molecule has 0 bridgehead atoms. The maximum absolute atomic E-state index is 13.1. The molecule has 0 radical (unpaired) electrons. The van der Waals surface area contributed by atoms with Crippen LogP contribution < -0.4 is 0 Å². The molecule has 2 saturated heterocycles. The van der Waals surface area contributed by atoms with Crippen molar-refractivity contribution in [1.29, 1.82) is 0 Å². The number of nitrogens with zero attached hydrogens (tertiary/aromatic N) is 1. The van der Waals surface area contributed by atoms with Gasteiger partial charge in [-0.15, -0.1) is 0 Å². The standard InChI is InChI=1S/C16H19ClFNO3/c17-13-10-11(18)3-4-12(13)15(21)19-7-5-16(6-8-19)14(20)2-1-9-22-16/h3-4,10,14,20H,1-2,5-9H2. The van der Waals surface area contributed by atoms with Gasteiger partial charge in [-0.05, 0) is 43.9 Å². The van der Waals surface area contributed by atoms with E-state index in [0.29, 0.717) is 38.1 Å². The van der Waals surface area contributed by atoms with Crippen molar-refractivity contribution in [3.05, 3.63) is 34.6 Å². The van der Waals surface area contributed by atoms with Gasteiger partial charge in [0.05, 0.1) is 22.3 Å². The van der Waals surface area contributed by atoms with Gasteiger partial charge < -0.3 is 14.7 Å². The van der Waals surface area contributed by atoms with Crippen LogP contribution in [0.25, 0.3) is 0 Å². The number of benzene rings is 1. The minimum Gasteiger partial charge on any atom is -0.390 e. The fourth-order valence-corrected chi connectivity index (χ4v) is 3.56. The second-order valence-corrected chi connectivity index (χ2v) is 6.39. The molecule has 2 heterocycles. The molecule has 1 spiro atoms. The summed E-state index contributed by atoms with van der Waals surface area (Å²) >= 11 is 5.96. The molecule has 3 rings (SSSR count). The van der Waals surface area contributed by atoms with Gasteiger partial charge in [-0.3, -0.25) is 4.79 Å². The van der Waals surface area contributed by atoms with E-state index >= 15 is 0 Å². The molecule has 0 aromatic heterocycles. The van der Waals surface area contributed by atoms with Gasteiger partial charge in [-0.2, -0.15) is 0 Å². The minimum atomic E-state index is -0.512. The topological polar surface area (TPSA) is 49.8 Å². The number of ether oxygens (including phenoxy) is 1. The fourth-order valence-electron chi connectivity index (χ4n) is 3.31. The van der Waals surface area contributed by atoms with E-state index in [2.05, 4.69) is 0 Å². The molecule has 1 atom stereocenters. The Hall–Kier alpha value is -1.17. The molecule has 6 heteroatoms. The van der Waals surface area contributed by atoms with Crippen molar-refractivity contribution >= 4 is 17.5 Å². The van der Waals surface area contributed by atoms with Crippen LogP contribution in [0, 0.1) is 5.82 Å². The number of likely N-dealkylation sites (tertiary alicyclic amines) is 1. The van der Waals surface area contributed by atoms with E-state index in [1.54, 1.807) is 4.90 Å². The summed E-state index contributed by atoms with van der Waals surface area (Å²) in [5.74, 6) is -0.664. The van der Waals surface area contributed by atoms with E-state index < -0.39 is 17.5 Å². The summed E-state index contributed by atoms with van der Waals surface area (Å²) in [4.78, 5) is 14.2. The Morgan fingerprint density at radius 3 is 2.77 bits per heavy atom. The second-order valence-electron chi connectivity index (χ2n) is 5.99. The van der Waals surface area contributed by atoms with Gasteiger partial charge in [-0.1, -0.05) is 11.6 Å². The average molecular weight is 328 g/mol. The predicted molar refractivity (Wildman–Crippen MR) is 80.5 cm³/mol. The van der Waals surface area contributed by atoms with E-state index in [9.17, 15) is 14.3 Å². The fraction of sp³-hybridized carbons (Fsp3) is 0.562. The first-order valence-corrected chi connectivity index (χ1v) is 7.96. The van der Waals surface area contributed by atoms with E-state index in [1.165, 1.54) is 12.1 Å². The third-order valence-electron chi connectivity index (χ3n) is 4.68. The summed E-state index contributed by atoms with van der Waals surface area (Å²) in [6, 6.07) is 3.79. The molecule has 2 aliphatic heterocycles. The molecule has 1 aromatic carbocycles. The number of aliphatic hydroxyl groups is 1. The van der Waals surface area contributed by atoms with Crippen molar-refractivity contribution in [2.75, 3.05) is 19.7 Å². The Morgan fingerprint density at radius 1 is 1.41 bits per heavy atom. The summed E-state index contributed by atoms with van der Waals surface area (Å²) in [5.41, 5.74) is -0.203. The van der Waals surface area contributed by atoms with E-state index in [-0.39, 0.29) is 10.9 Å².